The molecule has 2 rings (SSSR count). The number of piperidine rings is 1. The number of hydrogen-bond donors (Lipinski definition) is 0. The first-order valence-corrected chi connectivity index (χ1v) is 7.72. The fraction of sp³-hybridized carbons (Fsp3) is 1.00. The molecule has 0 spiro atoms. The predicted molar refractivity (Wildman–Crippen MR) is 76.3 cm³/mol. The predicted octanol–water partition coefficient (Wildman–Crippen LogP) is 2.04. The number of rotatable bonds is 3. The van der Waals surface area contributed by atoms with E-state index in [1.165, 1.54) is 0 Å². The van der Waals surface area contributed by atoms with E-state index >= 15 is 0 Å². The highest BCUT2D eigenvalue weighted by Crippen LogP contribution is 2.22. The van der Waals surface area contributed by atoms with Crippen LogP contribution in [0.25, 0.3) is 0 Å². The lowest BCUT2D eigenvalue weighted by Crippen LogP contribution is -2.51. The van der Waals surface area contributed by atoms with E-state index in [4.69, 9.17) is 16.3 Å². The van der Waals surface area contributed by atoms with Gasteiger partial charge in [0.1, 0.15) is 0 Å². The monoisotopic (exact) mass is 274 g/mol. The molecule has 0 aliphatic carbocycles. The van der Waals surface area contributed by atoms with Crippen LogP contribution >= 0.6 is 11.6 Å². The molecule has 0 bridgehead atoms. The number of halogens is 1. The first-order valence-electron chi connectivity index (χ1n) is 7.28. The minimum Gasteiger partial charge on any atom is -0.374 e. The highest BCUT2D eigenvalue weighted by atomic mass is 35.5. The van der Waals surface area contributed by atoms with Crippen molar-refractivity contribution in [2.75, 3.05) is 39.3 Å². The van der Waals surface area contributed by atoms with Gasteiger partial charge in [0, 0.05) is 37.6 Å². The SMILES string of the molecule is CC1CN(CC2CN(C(C)C)CCO2)CCC1Cl. The van der Waals surface area contributed by atoms with Crippen molar-refractivity contribution in [1.82, 2.24) is 9.80 Å². The van der Waals surface area contributed by atoms with Crippen LogP contribution in [0, 0.1) is 5.92 Å². The summed E-state index contributed by atoms with van der Waals surface area (Å²) in [5.41, 5.74) is 0. The Morgan fingerprint density at radius 2 is 2.06 bits per heavy atom. The fourth-order valence-corrected chi connectivity index (χ4v) is 3.16. The lowest BCUT2D eigenvalue weighted by molar-refractivity contribution is -0.0554. The van der Waals surface area contributed by atoms with Crippen LogP contribution in [-0.2, 0) is 4.74 Å². The van der Waals surface area contributed by atoms with Crippen molar-refractivity contribution in [2.45, 2.75) is 44.7 Å². The smallest absolute Gasteiger partial charge is 0.0829 e. The second-order valence-electron chi connectivity index (χ2n) is 6.12. The zero-order valence-electron chi connectivity index (χ0n) is 11.9. The molecule has 3 nitrogen and oxygen atoms in total. The maximum Gasteiger partial charge on any atom is 0.0829 e. The van der Waals surface area contributed by atoms with E-state index in [9.17, 15) is 0 Å². The van der Waals surface area contributed by atoms with E-state index in [2.05, 4.69) is 30.6 Å². The molecule has 3 atom stereocenters. The zero-order chi connectivity index (χ0) is 13.1. The topological polar surface area (TPSA) is 15.7 Å². The van der Waals surface area contributed by atoms with Gasteiger partial charge in [-0.15, -0.1) is 11.6 Å². The van der Waals surface area contributed by atoms with Gasteiger partial charge in [-0.25, -0.2) is 0 Å². The number of likely N-dealkylation sites (tertiary alicyclic amines) is 1. The second kappa shape index (κ2) is 6.56. The van der Waals surface area contributed by atoms with E-state index in [1.54, 1.807) is 0 Å². The summed E-state index contributed by atoms with van der Waals surface area (Å²) in [4.78, 5) is 5.05. The molecule has 2 heterocycles. The number of alkyl halides is 1. The Labute approximate surface area is 116 Å². The third-order valence-corrected chi connectivity index (χ3v) is 4.90. The van der Waals surface area contributed by atoms with Crippen molar-refractivity contribution >= 4 is 11.6 Å². The summed E-state index contributed by atoms with van der Waals surface area (Å²) in [7, 11) is 0. The summed E-state index contributed by atoms with van der Waals surface area (Å²) in [6.45, 7) is 13.1. The van der Waals surface area contributed by atoms with Crippen LogP contribution in [0.4, 0.5) is 0 Å². The van der Waals surface area contributed by atoms with Crippen molar-refractivity contribution < 1.29 is 4.74 Å². The summed E-state index contributed by atoms with van der Waals surface area (Å²) >= 11 is 6.27. The van der Waals surface area contributed by atoms with E-state index in [0.717, 1.165) is 45.8 Å². The van der Waals surface area contributed by atoms with E-state index in [0.29, 0.717) is 23.4 Å². The summed E-state index contributed by atoms with van der Waals surface area (Å²) in [6.07, 6.45) is 1.49. The van der Waals surface area contributed by atoms with Crippen molar-refractivity contribution in [2.24, 2.45) is 5.92 Å². The molecule has 2 aliphatic heterocycles. The first-order chi connectivity index (χ1) is 8.56. The van der Waals surface area contributed by atoms with Gasteiger partial charge in [0.25, 0.3) is 0 Å². The van der Waals surface area contributed by atoms with E-state index in [1.807, 2.05) is 0 Å². The highest BCUT2D eigenvalue weighted by molar-refractivity contribution is 6.20. The lowest BCUT2D eigenvalue weighted by atomic mass is 9.99. The molecule has 2 saturated heterocycles. The molecule has 2 fully saturated rings. The molecule has 0 radical (unpaired) electrons. The van der Waals surface area contributed by atoms with Gasteiger partial charge in [0.15, 0.2) is 0 Å². The molecule has 0 aromatic rings. The number of ether oxygens (including phenoxy) is 1. The average molecular weight is 275 g/mol. The van der Waals surface area contributed by atoms with Gasteiger partial charge < -0.3 is 9.64 Å². The Balaban J connectivity index is 1.79. The average Bonchev–Trinajstić information content (AvgIpc) is 2.34. The molecular formula is C14H27ClN2O. The van der Waals surface area contributed by atoms with Crippen molar-refractivity contribution in [3.8, 4) is 0 Å². The number of morpholine rings is 1. The third kappa shape index (κ3) is 3.83. The summed E-state index contributed by atoms with van der Waals surface area (Å²) in [6, 6.07) is 0.629. The van der Waals surface area contributed by atoms with Crippen LogP contribution in [0.15, 0.2) is 0 Å². The van der Waals surface area contributed by atoms with Crippen molar-refractivity contribution in [1.29, 1.82) is 0 Å². The highest BCUT2D eigenvalue weighted by Gasteiger charge is 2.28. The van der Waals surface area contributed by atoms with Gasteiger partial charge in [-0.05, 0) is 32.7 Å². The lowest BCUT2D eigenvalue weighted by Gasteiger charge is -2.40. The first kappa shape index (κ1) is 14.6. The minimum absolute atomic E-state index is 0.362. The molecule has 0 amide bonds. The maximum atomic E-state index is 6.27. The third-order valence-electron chi connectivity index (χ3n) is 4.25. The van der Waals surface area contributed by atoms with Crippen LogP contribution in [0.5, 0.6) is 0 Å². The quantitative estimate of drug-likeness (QED) is 0.733. The molecular weight excluding hydrogens is 248 g/mol. The van der Waals surface area contributed by atoms with Gasteiger partial charge >= 0.3 is 0 Å². The Bertz CT molecular complexity index is 262. The van der Waals surface area contributed by atoms with Crippen LogP contribution in [-0.4, -0.2) is 66.7 Å². The summed E-state index contributed by atoms with van der Waals surface area (Å²) < 4.78 is 5.91. The molecule has 0 N–H and O–H groups in total. The second-order valence-corrected chi connectivity index (χ2v) is 6.68. The molecule has 0 aromatic carbocycles. The molecule has 3 unspecified atom stereocenters. The Morgan fingerprint density at radius 1 is 1.28 bits per heavy atom. The van der Waals surface area contributed by atoms with E-state index in [-0.39, 0.29) is 0 Å². The Hall–Kier alpha value is 0.170. The minimum atomic E-state index is 0.362. The number of nitrogens with zero attached hydrogens (tertiary/aromatic N) is 2. The molecule has 0 saturated carbocycles. The molecule has 18 heavy (non-hydrogen) atoms. The van der Waals surface area contributed by atoms with Crippen LogP contribution in [0.2, 0.25) is 0 Å². The molecule has 106 valence electrons. The fourth-order valence-electron chi connectivity index (χ4n) is 2.98. The molecule has 2 aliphatic rings. The van der Waals surface area contributed by atoms with Crippen LogP contribution < -0.4 is 0 Å². The normalized spacial score (nSPS) is 36.2. The van der Waals surface area contributed by atoms with Gasteiger partial charge in [0.2, 0.25) is 0 Å². The largest absolute Gasteiger partial charge is 0.374 e. The number of hydrogen-bond acceptors (Lipinski definition) is 3. The zero-order valence-corrected chi connectivity index (χ0v) is 12.7. The van der Waals surface area contributed by atoms with Crippen LogP contribution in [0.1, 0.15) is 27.2 Å². The standard InChI is InChI=1S/C14H27ClN2O/c1-11(2)17-6-7-18-13(10-17)9-16-5-4-14(15)12(3)8-16/h11-14H,4-10H2,1-3H3. The van der Waals surface area contributed by atoms with Crippen LogP contribution in [0.3, 0.4) is 0 Å². The molecule has 4 heteroatoms. The van der Waals surface area contributed by atoms with Crippen molar-refractivity contribution in [3.63, 3.8) is 0 Å². The van der Waals surface area contributed by atoms with E-state index < -0.39 is 0 Å². The Morgan fingerprint density at radius 3 is 2.72 bits per heavy atom. The molecule has 0 aromatic heterocycles. The van der Waals surface area contributed by atoms with Gasteiger partial charge in [-0.3, -0.25) is 4.90 Å². The maximum absolute atomic E-state index is 6.27. The Kier molecular flexibility index (Phi) is 5.31. The van der Waals surface area contributed by atoms with Gasteiger partial charge in [-0.2, -0.15) is 0 Å². The summed E-state index contributed by atoms with van der Waals surface area (Å²) in [5.74, 6) is 0.602. The van der Waals surface area contributed by atoms with Crippen molar-refractivity contribution in [3.05, 3.63) is 0 Å². The van der Waals surface area contributed by atoms with Gasteiger partial charge in [0.05, 0.1) is 12.7 Å². The van der Waals surface area contributed by atoms with Gasteiger partial charge in [-0.1, -0.05) is 6.92 Å². The summed E-state index contributed by atoms with van der Waals surface area (Å²) in [5, 5.41) is 0.362.